The molecule has 3 aromatic carbocycles. The Balaban J connectivity index is 0.812. The average molecular weight is 843 g/mol. The Morgan fingerprint density at radius 2 is 1.88 bits per heavy atom. The molecule has 7 rings (SSSR count). The standard InChI is InChI=1S/C42H44ClFN8O6S/c1-58-35-23-32-28(40(46-25-45-32)47-26-11-12-31(44)30(43)21-26)22-33(35)48-37(53)9-6-15-50-16-18-51(19-17-50)39(55)10-3-2-4-20-59-36-8-5-7-27-29(36)24-52(42(27)57)34-13-14-38(54)49-41(34)56/h5-9,11-12,21-23,25,34H,2-4,10,13-20,24H2,1H3,(H,48,53)(H,45,46,47)(H,49,54,56)/b9-6+. The first-order valence-electron chi connectivity index (χ1n) is 19.5. The highest BCUT2D eigenvalue weighted by molar-refractivity contribution is 7.99. The van der Waals surface area contributed by atoms with E-state index in [0.29, 0.717) is 91.5 Å². The first-order valence-corrected chi connectivity index (χ1v) is 20.9. The number of nitrogens with zero attached hydrogens (tertiary/aromatic N) is 5. The fraction of sp³-hybridized carbons (Fsp3) is 0.357. The van der Waals surface area contributed by atoms with Crippen molar-refractivity contribution in [2.24, 2.45) is 0 Å². The monoisotopic (exact) mass is 842 g/mol. The number of thioether (sulfide) groups is 1. The summed E-state index contributed by atoms with van der Waals surface area (Å²) in [7, 11) is 1.50. The molecule has 1 atom stereocenters. The van der Waals surface area contributed by atoms with Gasteiger partial charge in [-0.2, -0.15) is 0 Å². The van der Waals surface area contributed by atoms with Crippen LogP contribution in [0, 0.1) is 5.82 Å². The van der Waals surface area contributed by atoms with Gasteiger partial charge in [-0.05, 0) is 67.0 Å². The van der Waals surface area contributed by atoms with Crippen molar-refractivity contribution in [1.82, 2.24) is 30.0 Å². The third-order valence-corrected chi connectivity index (χ3v) is 12.1. The Morgan fingerprint density at radius 1 is 1.05 bits per heavy atom. The summed E-state index contributed by atoms with van der Waals surface area (Å²) in [5.41, 5.74) is 3.07. The molecule has 0 saturated carbocycles. The van der Waals surface area contributed by atoms with Crippen LogP contribution in [0.4, 0.5) is 21.6 Å². The molecule has 0 radical (unpaired) electrons. The van der Waals surface area contributed by atoms with E-state index in [9.17, 15) is 28.4 Å². The number of methoxy groups -OCH3 is 1. The second-order valence-electron chi connectivity index (χ2n) is 14.5. The van der Waals surface area contributed by atoms with Crippen molar-refractivity contribution in [3.63, 3.8) is 0 Å². The zero-order valence-corrected chi connectivity index (χ0v) is 34.0. The van der Waals surface area contributed by atoms with E-state index in [4.69, 9.17) is 16.3 Å². The minimum Gasteiger partial charge on any atom is -0.494 e. The lowest BCUT2D eigenvalue weighted by molar-refractivity contribution is -0.137. The van der Waals surface area contributed by atoms with E-state index in [-0.39, 0.29) is 35.1 Å². The van der Waals surface area contributed by atoms with Gasteiger partial charge in [0.2, 0.25) is 23.6 Å². The number of halogens is 2. The molecule has 1 aromatic heterocycles. The number of ether oxygens (including phenoxy) is 1. The van der Waals surface area contributed by atoms with Crippen LogP contribution in [0.1, 0.15) is 54.4 Å². The Morgan fingerprint density at radius 3 is 2.66 bits per heavy atom. The molecule has 0 bridgehead atoms. The molecular weight excluding hydrogens is 799 g/mol. The summed E-state index contributed by atoms with van der Waals surface area (Å²) < 4.78 is 19.2. The maximum Gasteiger partial charge on any atom is 0.255 e. The fourth-order valence-electron chi connectivity index (χ4n) is 7.41. The number of anilines is 3. The number of nitrogens with one attached hydrogen (secondary N) is 3. The molecule has 17 heteroatoms. The van der Waals surface area contributed by atoms with Crippen LogP contribution >= 0.6 is 23.4 Å². The SMILES string of the molecule is COc1cc2ncnc(Nc3ccc(F)c(Cl)c3)c2cc1NC(=O)/C=C/CN1CCN(C(=O)CCCCCSc2cccc3c2CN(C2CCC(=O)NC2=O)C3=O)CC1. The van der Waals surface area contributed by atoms with Crippen LogP contribution in [0.2, 0.25) is 5.02 Å². The predicted molar refractivity (Wildman–Crippen MR) is 223 cm³/mol. The van der Waals surface area contributed by atoms with E-state index in [2.05, 4.69) is 30.8 Å². The number of carbonyl (C=O) groups excluding carboxylic acids is 5. The number of piperidine rings is 1. The van der Waals surface area contributed by atoms with Crippen molar-refractivity contribution in [2.45, 2.75) is 56.0 Å². The fourth-order valence-corrected chi connectivity index (χ4v) is 8.68. The number of amides is 5. The smallest absolute Gasteiger partial charge is 0.255 e. The molecule has 3 N–H and O–H groups in total. The lowest BCUT2D eigenvalue weighted by atomic mass is 10.0. The van der Waals surface area contributed by atoms with Crippen LogP contribution in [-0.4, -0.2) is 106 Å². The Labute approximate surface area is 349 Å². The molecule has 0 spiro atoms. The molecule has 4 aromatic rings. The Hall–Kier alpha value is -5.58. The summed E-state index contributed by atoms with van der Waals surface area (Å²) in [6.07, 6.45) is 8.33. The van der Waals surface area contributed by atoms with Crippen LogP contribution in [0.5, 0.6) is 5.75 Å². The molecule has 5 amide bonds. The van der Waals surface area contributed by atoms with Gasteiger partial charge < -0.3 is 25.2 Å². The average Bonchev–Trinajstić information content (AvgIpc) is 3.56. The number of hydrogen-bond donors (Lipinski definition) is 3. The predicted octanol–water partition coefficient (Wildman–Crippen LogP) is 5.93. The maximum atomic E-state index is 13.7. The normalized spacial score (nSPS) is 17.1. The van der Waals surface area contributed by atoms with Gasteiger partial charge in [-0.25, -0.2) is 14.4 Å². The second-order valence-corrected chi connectivity index (χ2v) is 16.0. The van der Waals surface area contributed by atoms with Gasteiger partial charge in [0.15, 0.2) is 0 Å². The van der Waals surface area contributed by atoms with E-state index >= 15 is 0 Å². The van der Waals surface area contributed by atoms with E-state index in [1.165, 1.54) is 31.6 Å². The number of carbonyl (C=O) groups is 5. The highest BCUT2D eigenvalue weighted by Crippen LogP contribution is 2.36. The van der Waals surface area contributed by atoms with Gasteiger partial charge in [0, 0.05) is 85.8 Å². The minimum absolute atomic E-state index is 0.0293. The number of rotatable bonds is 15. The third kappa shape index (κ3) is 10.0. The van der Waals surface area contributed by atoms with Crippen molar-refractivity contribution in [3.05, 3.63) is 89.0 Å². The molecule has 3 aliphatic rings. The van der Waals surface area contributed by atoms with E-state index in [1.54, 1.807) is 47.0 Å². The number of imide groups is 1. The molecule has 3 aliphatic heterocycles. The van der Waals surface area contributed by atoms with E-state index in [1.807, 2.05) is 17.0 Å². The van der Waals surface area contributed by atoms with Gasteiger partial charge in [0.1, 0.15) is 29.8 Å². The van der Waals surface area contributed by atoms with Crippen molar-refractivity contribution in [2.75, 3.05) is 56.2 Å². The highest BCUT2D eigenvalue weighted by Gasteiger charge is 2.39. The first-order chi connectivity index (χ1) is 28.6. The van der Waals surface area contributed by atoms with Crippen LogP contribution in [0.25, 0.3) is 10.9 Å². The molecule has 0 aliphatic carbocycles. The van der Waals surface area contributed by atoms with Crippen molar-refractivity contribution < 1.29 is 33.1 Å². The maximum absolute atomic E-state index is 13.7. The summed E-state index contributed by atoms with van der Waals surface area (Å²) >= 11 is 7.64. The van der Waals surface area contributed by atoms with Crippen molar-refractivity contribution >= 4 is 81.0 Å². The summed E-state index contributed by atoms with van der Waals surface area (Å²) in [4.78, 5) is 78.4. The number of benzene rings is 3. The number of fused-ring (bicyclic) bond motifs is 2. The highest BCUT2D eigenvalue weighted by atomic mass is 35.5. The molecule has 1 unspecified atom stereocenters. The molecule has 2 saturated heterocycles. The minimum atomic E-state index is -0.635. The summed E-state index contributed by atoms with van der Waals surface area (Å²) in [5.74, 6) is 0.0874. The van der Waals surface area contributed by atoms with E-state index in [0.717, 1.165) is 35.5 Å². The summed E-state index contributed by atoms with van der Waals surface area (Å²) in [6, 6.07) is 12.7. The molecule has 4 heterocycles. The van der Waals surface area contributed by atoms with Crippen LogP contribution in [0.3, 0.4) is 0 Å². The van der Waals surface area contributed by atoms with Crippen molar-refractivity contribution in [3.8, 4) is 5.75 Å². The molecule has 308 valence electrons. The van der Waals surface area contributed by atoms with E-state index < -0.39 is 17.8 Å². The number of hydrogen-bond acceptors (Lipinski definition) is 11. The van der Waals surface area contributed by atoms with Crippen LogP contribution in [-0.2, 0) is 25.7 Å². The molecular formula is C42H44ClFN8O6S. The first kappa shape index (κ1) is 41.6. The quantitative estimate of drug-likeness (QED) is 0.0563. The van der Waals surface area contributed by atoms with Gasteiger partial charge in [-0.3, -0.25) is 34.2 Å². The van der Waals surface area contributed by atoms with Gasteiger partial charge in [0.05, 0.1) is 23.3 Å². The second kappa shape index (κ2) is 19.0. The summed E-state index contributed by atoms with van der Waals surface area (Å²) in [6.45, 7) is 3.56. The number of piperazine rings is 1. The van der Waals surface area contributed by atoms with Gasteiger partial charge in [0.25, 0.3) is 5.91 Å². The zero-order valence-electron chi connectivity index (χ0n) is 32.5. The van der Waals surface area contributed by atoms with Gasteiger partial charge >= 0.3 is 0 Å². The number of unbranched alkanes of at least 4 members (excludes halogenated alkanes) is 2. The summed E-state index contributed by atoms with van der Waals surface area (Å²) in [5, 5.41) is 8.93. The van der Waals surface area contributed by atoms with Crippen LogP contribution in [0.15, 0.2) is 71.9 Å². The number of aromatic nitrogens is 2. The topological polar surface area (TPSA) is 166 Å². The third-order valence-electron chi connectivity index (χ3n) is 10.6. The molecule has 14 nitrogen and oxygen atoms in total. The van der Waals surface area contributed by atoms with Gasteiger partial charge in [-0.1, -0.05) is 30.2 Å². The lowest BCUT2D eigenvalue weighted by Gasteiger charge is -2.34. The van der Waals surface area contributed by atoms with Crippen molar-refractivity contribution in [1.29, 1.82) is 0 Å². The van der Waals surface area contributed by atoms with Gasteiger partial charge in [-0.15, -0.1) is 11.8 Å². The zero-order chi connectivity index (χ0) is 41.5. The lowest BCUT2D eigenvalue weighted by Crippen LogP contribution is -2.52. The Bertz CT molecular complexity index is 2300. The van der Waals surface area contributed by atoms with Crippen LogP contribution < -0.4 is 20.7 Å². The molecule has 59 heavy (non-hydrogen) atoms. The largest absolute Gasteiger partial charge is 0.494 e. The Kier molecular flexibility index (Phi) is 13.4. The molecule has 2 fully saturated rings.